The molecule has 1 aliphatic rings. The van der Waals surface area contributed by atoms with Crippen LogP contribution in [0.25, 0.3) is 6.08 Å². The third kappa shape index (κ3) is 6.32. The number of ether oxygens (including phenoxy) is 2. The highest BCUT2D eigenvalue weighted by molar-refractivity contribution is 9.10. The average molecular weight is 522 g/mol. The SMILES string of the molecule is COc1ccc(C=C2SC(=S)N(CCCC(=O)O)C2=O)cc1COc1ccc(Br)cc1. The number of amides is 1. The van der Waals surface area contributed by atoms with Gasteiger partial charge >= 0.3 is 5.97 Å². The Kier molecular flexibility index (Phi) is 8.11. The molecule has 1 amide bonds. The third-order valence-electron chi connectivity index (χ3n) is 4.46. The molecule has 0 aromatic heterocycles. The molecular weight excluding hydrogens is 502 g/mol. The van der Waals surface area contributed by atoms with Crippen molar-refractivity contribution in [3.8, 4) is 11.5 Å². The average Bonchev–Trinajstić information content (AvgIpc) is 3.00. The molecule has 162 valence electrons. The lowest BCUT2D eigenvalue weighted by Gasteiger charge is -2.13. The van der Waals surface area contributed by atoms with Gasteiger partial charge in [-0.25, -0.2) is 0 Å². The summed E-state index contributed by atoms with van der Waals surface area (Å²) in [5, 5.41) is 8.79. The minimum Gasteiger partial charge on any atom is -0.496 e. The van der Waals surface area contributed by atoms with E-state index in [0.717, 1.165) is 21.3 Å². The molecule has 1 saturated heterocycles. The Morgan fingerprint density at radius 2 is 2.00 bits per heavy atom. The number of carbonyl (C=O) groups is 2. The second-order valence-corrected chi connectivity index (χ2v) is 9.24. The quantitative estimate of drug-likeness (QED) is 0.363. The van der Waals surface area contributed by atoms with Crippen molar-refractivity contribution >= 4 is 62.2 Å². The number of thiocarbonyl (C=S) groups is 1. The Balaban J connectivity index is 1.73. The number of nitrogens with zero attached hydrogens (tertiary/aromatic N) is 1. The number of methoxy groups -OCH3 is 1. The van der Waals surface area contributed by atoms with Crippen molar-refractivity contribution in [3.05, 3.63) is 63.0 Å². The van der Waals surface area contributed by atoms with Gasteiger partial charge < -0.3 is 14.6 Å². The van der Waals surface area contributed by atoms with Crippen molar-refractivity contribution < 1.29 is 24.2 Å². The lowest BCUT2D eigenvalue weighted by Crippen LogP contribution is -2.29. The first kappa shape index (κ1) is 23.3. The van der Waals surface area contributed by atoms with Gasteiger partial charge in [0.15, 0.2) is 0 Å². The molecule has 0 spiro atoms. The summed E-state index contributed by atoms with van der Waals surface area (Å²) in [6, 6.07) is 13.2. The van der Waals surface area contributed by atoms with Crippen LogP contribution in [0, 0.1) is 0 Å². The van der Waals surface area contributed by atoms with Gasteiger partial charge in [-0.2, -0.15) is 0 Å². The fourth-order valence-corrected chi connectivity index (χ4v) is 4.50. The van der Waals surface area contributed by atoms with Crippen LogP contribution in [0.1, 0.15) is 24.0 Å². The number of carboxylic acid groups (broad SMARTS) is 1. The summed E-state index contributed by atoms with van der Waals surface area (Å²) in [6.45, 7) is 0.603. The molecular formula is C22H20BrNO5S2. The van der Waals surface area contributed by atoms with Crippen molar-refractivity contribution in [1.29, 1.82) is 0 Å². The number of halogens is 1. The highest BCUT2D eigenvalue weighted by atomic mass is 79.9. The van der Waals surface area contributed by atoms with Gasteiger partial charge in [-0.15, -0.1) is 0 Å². The van der Waals surface area contributed by atoms with Gasteiger partial charge in [0.2, 0.25) is 0 Å². The first-order valence-corrected chi connectivity index (χ1v) is 11.4. The first-order valence-electron chi connectivity index (χ1n) is 9.40. The van der Waals surface area contributed by atoms with Gasteiger partial charge in [0, 0.05) is 23.0 Å². The van der Waals surface area contributed by atoms with E-state index in [1.54, 1.807) is 13.2 Å². The lowest BCUT2D eigenvalue weighted by atomic mass is 10.1. The Bertz CT molecular complexity index is 1020. The second kappa shape index (κ2) is 10.8. The minimum atomic E-state index is -0.892. The first-order chi connectivity index (χ1) is 14.9. The molecule has 1 fully saturated rings. The fourth-order valence-electron chi connectivity index (χ4n) is 2.93. The van der Waals surface area contributed by atoms with Gasteiger partial charge in [-0.05, 0) is 54.5 Å². The van der Waals surface area contributed by atoms with Crippen LogP contribution in [0.5, 0.6) is 11.5 Å². The predicted octanol–water partition coefficient (Wildman–Crippen LogP) is 5.10. The van der Waals surface area contributed by atoms with E-state index in [4.69, 9.17) is 26.8 Å². The standard InChI is InChI=1S/C22H20BrNO5S2/c1-28-18-9-4-14(11-15(18)13-29-17-7-5-16(23)6-8-17)12-19-21(27)24(22(30)31-19)10-2-3-20(25)26/h4-9,11-12H,2-3,10,13H2,1H3,(H,25,26). The zero-order chi connectivity index (χ0) is 22.4. The van der Waals surface area contributed by atoms with E-state index in [1.807, 2.05) is 42.5 Å². The summed E-state index contributed by atoms with van der Waals surface area (Å²) in [6.07, 6.45) is 2.13. The van der Waals surface area contributed by atoms with Gasteiger partial charge in [0.25, 0.3) is 5.91 Å². The largest absolute Gasteiger partial charge is 0.496 e. The number of aliphatic carboxylic acids is 1. The van der Waals surface area contributed by atoms with Crippen LogP contribution in [0.3, 0.4) is 0 Å². The molecule has 1 heterocycles. The molecule has 0 radical (unpaired) electrons. The number of benzene rings is 2. The summed E-state index contributed by atoms with van der Waals surface area (Å²) >= 11 is 9.91. The Hall–Kier alpha value is -2.36. The number of thioether (sulfide) groups is 1. The topological polar surface area (TPSA) is 76.1 Å². The smallest absolute Gasteiger partial charge is 0.303 e. The van der Waals surface area contributed by atoms with Gasteiger partial charge in [0.05, 0.1) is 12.0 Å². The van der Waals surface area contributed by atoms with Gasteiger partial charge in [-0.3, -0.25) is 14.5 Å². The van der Waals surface area contributed by atoms with E-state index in [2.05, 4.69) is 15.9 Å². The maximum absolute atomic E-state index is 12.7. The summed E-state index contributed by atoms with van der Waals surface area (Å²) in [4.78, 5) is 25.4. The van der Waals surface area contributed by atoms with Crippen molar-refractivity contribution in [2.45, 2.75) is 19.4 Å². The Morgan fingerprint density at radius 1 is 1.26 bits per heavy atom. The van der Waals surface area contributed by atoms with Crippen LogP contribution < -0.4 is 9.47 Å². The predicted molar refractivity (Wildman–Crippen MR) is 128 cm³/mol. The Morgan fingerprint density at radius 3 is 2.68 bits per heavy atom. The summed E-state index contributed by atoms with van der Waals surface area (Å²) < 4.78 is 12.7. The summed E-state index contributed by atoms with van der Waals surface area (Å²) in [5.41, 5.74) is 1.66. The number of carbonyl (C=O) groups excluding carboxylic acids is 1. The van der Waals surface area contributed by atoms with Crippen molar-refractivity contribution in [2.75, 3.05) is 13.7 Å². The van der Waals surface area contributed by atoms with Crippen LogP contribution in [-0.4, -0.2) is 39.9 Å². The van der Waals surface area contributed by atoms with E-state index >= 15 is 0 Å². The molecule has 31 heavy (non-hydrogen) atoms. The lowest BCUT2D eigenvalue weighted by molar-refractivity contribution is -0.137. The molecule has 3 rings (SSSR count). The van der Waals surface area contributed by atoms with Gasteiger partial charge in [-0.1, -0.05) is 46.0 Å². The molecule has 1 aliphatic heterocycles. The van der Waals surface area contributed by atoms with E-state index in [1.165, 1.54) is 16.7 Å². The fraction of sp³-hybridized carbons (Fsp3) is 0.227. The van der Waals surface area contributed by atoms with Crippen LogP contribution in [0.4, 0.5) is 0 Å². The zero-order valence-corrected chi connectivity index (χ0v) is 19.9. The van der Waals surface area contributed by atoms with Crippen molar-refractivity contribution in [2.24, 2.45) is 0 Å². The van der Waals surface area contributed by atoms with Crippen molar-refractivity contribution in [1.82, 2.24) is 4.90 Å². The maximum Gasteiger partial charge on any atom is 0.303 e. The van der Waals surface area contributed by atoms with E-state index in [9.17, 15) is 9.59 Å². The van der Waals surface area contributed by atoms with Crippen LogP contribution >= 0.6 is 39.9 Å². The van der Waals surface area contributed by atoms with E-state index in [-0.39, 0.29) is 12.3 Å². The molecule has 2 aromatic carbocycles. The third-order valence-corrected chi connectivity index (χ3v) is 6.36. The summed E-state index contributed by atoms with van der Waals surface area (Å²) in [7, 11) is 1.60. The minimum absolute atomic E-state index is 0.00366. The normalized spacial score (nSPS) is 14.9. The highest BCUT2D eigenvalue weighted by Crippen LogP contribution is 2.33. The van der Waals surface area contributed by atoms with Crippen LogP contribution in [-0.2, 0) is 16.2 Å². The van der Waals surface area contributed by atoms with Crippen molar-refractivity contribution in [3.63, 3.8) is 0 Å². The molecule has 0 atom stereocenters. The monoisotopic (exact) mass is 521 g/mol. The van der Waals surface area contributed by atoms with Crippen LogP contribution in [0.15, 0.2) is 51.8 Å². The van der Waals surface area contributed by atoms with E-state index < -0.39 is 5.97 Å². The highest BCUT2D eigenvalue weighted by Gasteiger charge is 2.31. The molecule has 2 aromatic rings. The molecule has 9 heteroatoms. The number of hydrogen-bond acceptors (Lipinski definition) is 6. The zero-order valence-electron chi connectivity index (χ0n) is 16.7. The second-order valence-electron chi connectivity index (χ2n) is 6.64. The van der Waals surface area contributed by atoms with Crippen LogP contribution in [0.2, 0.25) is 0 Å². The Labute approximate surface area is 198 Å². The number of hydrogen-bond donors (Lipinski definition) is 1. The molecule has 0 aliphatic carbocycles. The molecule has 1 N–H and O–H groups in total. The number of rotatable bonds is 9. The molecule has 6 nitrogen and oxygen atoms in total. The number of carboxylic acids is 1. The molecule has 0 saturated carbocycles. The summed E-state index contributed by atoms with van der Waals surface area (Å²) in [5.74, 6) is 0.328. The molecule has 0 bridgehead atoms. The van der Waals surface area contributed by atoms with E-state index in [0.29, 0.717) is 34.5 Å². The van der Waals surface area contributed by atoms with Gasteiger partial charge in [0.1, 0.15) is 22.4 Å². The molecule has 0 unspecified atom stereocenters. The maximum atomic E-state index is 12.7.